The average molecular weight is 292 g/mol. The summed E-state index contributed by atoms with van der Waals surface area (Å²) in [4.78, 5) is 0. The second kappa shape index (κ2) is 12.1. The van der Waals surface area contributed by atoms with E-state index in [0.29, 0.717) is 8.58 Å². The van der Waals surface area contributed by atoms with Crippen molar-refractivity contribution in [2.45, 2.75) is 32.5 Å². The van der Waals surface area contributed by atoms with Gasteiger partial charge >= 0.3 is 0 Å². The maximum Gasteiger partial charge on any atom is 0.113 e. The molecule has 0 aliphatic heterocycles. The number of hydrogen-bond acceptors (Lipinski definition) is 2. The fraction of sp³-hybridized carbons (Fsp3) is 0.500. The van der Waals surface area contributed by atoms with Gasteiger partial charge in [0, 0.05) is 20.6 Å². The van der Waals surface area contributed by atoms with E-state index in [9.17, 15) is 0 Å². The van der Waals surface area contributed by atoms with Gasteiger partial charge in [0.1, 0.15) is 14.0 Å². The Morgan fingerprint density at radius 1 is 1.20 bits per heavy atom. The molecule has 20 heavy (non-hydrogen) atoms. The molecule has 2 nitrogen and oxygen atoms in total. The molecule has 1 rings (SSSR count). The van der Waals surface area contributed by atoms with Crippen LogP contribution in [0, 0.1) is 0 Å². The molecule has 0 saturated carbocycles. The third kappa shape index (κ3) is 7.24. The Kier molecular flexibility index (Phi) is 11.8. The van der Waals surface area contributed by atoms with Gasteiger partial charge in [0.15, 0.2) is 0 Å². The van der Waals surface area contributed by atoms with Crippen LogP contribution in [0.15, 0.2) is 41.6 Å². The van der Waals surface area contributed by atoms with E-state index >= 15 is 0 Å². The first kappa shape index (κ1) is 19.4. The van der Waals surface area contributed by atoms with Crippen molar-refractivity contribution in [3.8, 4) is 0 Å². The van der Waals surface area contributed by atoms with Crippen molar-refractivity contribution < 1.29 is 9.47 Å². The molecule has 2 unspecified atom stereocenters. The number of hydrogen-bond donors (Lipinski definition) is 0. The molecule has 1 aromatic carbocycles. The second-order valence-corrected chi connectivity index (χ2v) is 5.11. The Labute approximate surface area is 127 Å². The topological polar surface area (TPSA) is 18.5 Å². The maximum atomic E-state index is 5.87. The van der Waals surface area contributed by atoms with Gasteiger partial charge in [-0.05, 0) is 12.2 Å². The van der Waals surface area contributed by atoms with Crippen molar-refractivity contribution in [1.29, 1.82) is 0 Å². The molecule has 3 atom stereocenters. The third-order valence-corrected chi connectivity index (χ3v) is 3.60. The summed E-state index contributed by atoms with van der Waals surface area (Å²) in [6, 6.07) is 10.2. The van der Waals surface area contributed by atoms with Crippen molar-refractivity contribution in [2.75, 3.05) is 20.9 Å². The lowest BCUT2D eigenvalue weighted by Crippen LogP contribution is -2.30. The highest BCUT2D eigenvalue weighted by Gasteiger charge is 2.19. The highest BCUT2D eigenvalue weighted by molar-refractivity contribution is 7.45. The number of benzene rings is 1. The molecule has 0 saturated heterocycles. The molecule has 110 valence electrons. The summed E-state index contributed by atoms with van der Waals surface area (Å²) >= 11 is 0. The first-order valence-corrected chi connectivity index (χ1v) is 8.45. The van der Waals surface area contributed by atoms with E-state index in [1.54, 1.807) is 14.2 Å². The Morgan fingerprint density at radius 3 is 2.25 bits per heavy atom. The smallest absolute Gasteiger partial charge is 0.113 e. The lowest BCUT2D eigenvalue weighted by molar-refractivity contribution is -0.0107. The number of ether oxygens (including phenoxy) is 2. The molecule has 1 aromatic rings. The van der Waals surface area contributed by atoms with Gasteiger partial charge in [-0.25, -0.2) is 0 Å². The fourth-order valence-electron chi connectivity index (χ4n) is 1.77. The summed E-state index contributed by atoms with van der Waals surface area (Å²) < 4.78 is 11.0. The first-order valence-electron chi connectivity index (χ1n) is 6.95. The van der Waals surface area contributed by atoms with Gasteiger partial charge in [-0.15, -0.1) is 8.58 Å². The minimum atomic E-state index is -0.109. The van der Waals surface area contributed by atoms with Gasteiger partial charge in [-0.1, -0.05) is 55.5 Å². The van der Waals surface area contributed by atoms with E-state index in [2.05, 4.69) is 18.8 Å². The second-order valence-electron chi connectivity index (χ2n) is 4.04. The summed E-state index contributed by atoms with van der Waals surface area (Å²) in [7, 11) is 9.86. The molecule has 0 heterocycles. The maximum absolute atomic E-state index is 5.87. The molecule has 0 amide bonds. The summed E-state index contributed by atoms with van der Waals surface area (Å²) in [5, 5.41) is 0.858. The van der Waals surface area contributed by atoms with Crippen molar-refractivity contribution in [2.24, 2.45) is 0 Å². The lowest BCUT2D eigenvalue weighted by Gasteiger charge is -2.23. The molecule has 4 heteroatoms. The molecular weight excluding hydrogens is 266 g/mol. The molecule has 0 aliphatic rings. The van der Waals surface area contributed by atoms with Crippen LogP contribution >= 0.6 is 8.58 Å². The van der Waals surface area contributed by atoms with Gasteiger partial charge in [0.05, 0.1) is 6.10 Å². The highest BCUT2D eigenvalue weighted by atomic mass is 31.1. The number of methoxy groups -OCH3 is 2. The Hall–Kier alpha value is -0.625. The van der Waals surface area contributed by atoms with E-state index in [0.717, 1.165) is 11.6 Å². The summed E-state index contributed by atoms with van der Waals surface area (Å²) in [6.07, 6.45) is 2.64. The van der Waals surface area contributed by atoms with Crippen molar-refractivity contribution in [3.63, 3.8) is 0 Å². The molecule has 0 aromatic heterocycles. The van der Waals surface area contributed by atoms with Crippen LogP contribution < -0.4 is 0 Å². The zero-order valence-corrected chi connectivity index (χ0v) is 14.2. The van der Waals surface area contributed by atoms with Crippen LogP contribution in [0.5, 0.6) is 0 Å². The van der Waals surface area contributed by atoms with Crippen LogP contribution in [0.25, 0.3) is 0 Å². The van der Waals surface area contributed by atoms with E-state index in [-0.39, 0.29) is 12.2 Å². The van der Waals surface area contributed by atoms with Gasteiger partial charge < -0.3 is 9.47 Å². The highest BCUT2D eigenvalue weighted by Crippen LogP contribution is 2.19. The standard InChI is InChI=1S/C14H20BO2P.C2H6/c1-16-12(9-11-7-5-4-6-8-11)13(17-2)10-14(15)18-3;1-2/h4-8,10,12-13,18H,9H2,1-3H3;1-2H3/b14-10+;/t12-,13?;/m0./s1. The van der Waals surface area contributed by atoms with E-state index < -0.39 is 0 Å². The third-order valence-electron chi connectivity index (χ3n) is 2.85. The Balaban J connectivity index is 0.00000172. The van der Waals surface area contributed by atoms with Crippen LogP contribution in [0.3, 0.4) is 0 Å². The van der Waals surface area contributed by atoms with Crippen LogP contribution in [0.4, 0.5) is 0 Å². The minimum Gasteiger partial charge on any atom is -0.378 e. The largest absolute Gasteiger partial charge is 0.378 e. The lowest BCUT2D eigenvalue weighted by atomic mass is 10.0. The van der Waals surface area contributed by atoms with Crippen molar-refractivity contribution in [1.82, 2.24) is 0 Å². The normalized spacial score (nSPS) is 14.8. The predicted molar refractivity (Wildman–Crippen MR) is 91.2 cm³/mol. The fourth-order valence-corrected chi connectivity index (χ4v) is 2.10. The van der Waals surface area contributed by atoms with E-state index in [4.69, 9.17) is 17.3 Å². The number of rotatable bonds is 7. The van der Waals surface area contributed by atoms with Crippen molar-refractivity contribution >= 4 is 16.4 Å². The minimum absolute atomic E-state index is 0.0210. The Bertz CT molecular complexity index is 368. The predicted octanol–water partition coefficient (Wildman–Crippen LogP) is 3.60. The van der Waals surface area contributed by atoms with Crippen LogP contribution in [0.2, 0.25) is 0 Å². The van der Waals surface area contributed by atoms with Crippen LogP contribution in [-0.4, -0.2) is 40.9 Å². The molecule has 2 radical (unpaired) electrons. The van der Waals surface area contributed by atoms with Gasteiger partial charge in [-0.3, -0.25) is 0 Å². The summed E-state index contributed by atoms with van der Waals surface area (Å²) in [5.74, 6) is 0. The summed E-state index contributed by atoms with van der Waals surface area (Å²) in [5.41, 5.74) is 1.23. The van der Waals surface area contributed by atoms with Gasteiger partial charge in [0.25, 0.3) is 0 Å². The average Bonchev–Trinajstić information content (AvgIpc) is 2.53. The van der Waals surface area contributed by atoms with Gasteiger partial charge in [-0.2, -0.15) is 0 Å². The van der Waals surface area contributed by atoms with Crippen LogP contribution in [0.1, 0.15) is 19.4 Å². The molecule has 0 spiro atoms. The molecule has 0 bridgehead atoms. The Morgan fingerprint density at radius 2 is 1.80 bits per heavy atom. The van der Waals surface area contributed by atoms with E-state index in [1.165, 1.54) is 5.56 Å². The summed E-state index contributed by atoms with van der Waals surface area (Å²) in [6.45, 7) is 6.05. The SMILES string of the molecule is CC.[B]/C(=C\C(OC)[C@H](Cc1ccccc1)OC)PC. The molecule has 0 fully saturated rings. The van der Waals surface area contributed by atoms with Gasteiger partial charge in [0.2, 0.25) is 0 Å². The first-order chi connectivity index (χ1) is 9.71. The zero-order valence-electron chi connectivity index (χ0n) is 13.2. The molecule has 0 aliphatic carbocycles. The van der Waals surface area contributed by atoms with Crippen molar-refractivity contribution in [3.05, 3.63) is 47.2 Å². The van der Waals surface area contributed by atoms with E-state index in [1.807, 2.05) is 38.1 Å². The quantitative estimate of drug-likeness (QED) is 0.564. The molecular formula is C16H26BO2P. The van der Waals surface area contributed by atoms with Crippen LogP contribution in [-0.2, 0) is 15.9 Å². The monoisotopic (exact) mass is 292 g/mol. The zero-order chi connectivity index (χ0) is 15.4. The molecule has 0 N–H and O–H groups in total.